The molecule has 0 radical (unpaired) electrons. The van der Waals surface area contributed by atoms with Crippen molar-refractivity contribution in [2.45, 2.75) is 25.1 Å². The average molecular weight is 406 g/mol. The number of nitrogens with zero attached hydrogens (tertiary/aromatic N) is 3. The number of benzene rings is 1. The van der Waals surface area contributed by atoms with Crippen LogP contribution in [0.1, 0.15) is 17.5 Å². The Morgan fingerprint density at radius 2 is 2.14 bits per heavy atom. The summed E-state index contributed by atoms with van der Waals surface area (Å²) >= 11 is 1.53. The first kappa shape index (κ1) is 18.7. The molecule has 1 fully saturated rings. The lowest BCUT2D eigenvalue weighted by Gasteiger charge is -2.20. The highest BCUT2D eigenvalue weighted by Gasteiger charge is 2.32. The van der Waals surface area contributed by atoms with E-state index in [-0.39, 0.29) is 18.4 Å². The summed E-state index contributed by atoms with van der Waals surface area (Å²) in [5, 5.41) is 2.98. The maximum absolute atomic E-state index is 12.9. The zero-order valence-corrected chi connectivity index (χ0v) is 15.6. The zero-order valence-electron chi connectivity index (χ0n) is 14.7. The molecule has 4 rings (SSSR count). The third-order valence-electron chi connectivity index (χ3n) is 4.73. The molecule has 28 heavy (non-hydrogen) atoms. The summed E-state index contributed by atoms with van der Waals surface area (Å²) in [6.07, 6.45) is -1.25. The van der Waals surface area contributed by atoms with Gasteiger partial charge < -0.3 is 10.2 Å². The SMILES string of the molecule is O=C(Cc1ccc2ncsc2c1)N[C@@H]1CCN(c2cncc(C(F)(F)F)c2)C1. The maximum Gasteiger partial charge on any atom is 0.417 e. The predicted octanol–water partition coefficient (Wildman–Crippen LogP) is 3.65. The van der Waals surface area contributed by atoms with Crippen LogP contribution in [-0.2, 0) is 17.4 Å². The molecular formula is C19H17F3N4OS. The van der Waals surface area contributed by atoms with E-state index in [0.717, 1.165) is 28.0 Å². The van der Waals surface area contributed by atoms with E-state index in [1.807, 2.05) is 23.1 Å². The van der Waals surface area contributed by atoms with Crippen LogP contribution in [0.3, 0.4) is 0 Å². The second kappa shape index (κ2) is 7.38. The number of amides is 1. The van der Waals surface area contributed by atoms with E-state index in [4.69, 9.17) is 0 Å². The van der Waals surface area contributed by atoms with Gasteiger partial charge in [-0.05, 0) is 30.2 Å². The molecule has 146 valence electrons. The van der Waals surface area contributed by atoms with E-state index >= 15 is 0 Å². The van der Waals surface area contributed by atoms with Gasteiger partial charge in [0.25, 0.3) is 0 Å². The lowest BCUT2D eigenvalue weighted by molar-refractivity contribution is -0.137. The number of rotatable bonds is 4. The van der Waals surface area contributed by atoms with Gasteiger partial charge in [-0.25, -0.2) is 4.98 Å². The Balaban J connectivity index is 1.36. The van der Waals surface area contributed by atoms with Crippen molar-refractivity contribution in [1.29, 1.82) is 0 Å². The molecule has 3 heterocycles. The van der Waals surface area contributed by atoms with Gasteiger partial charge in [-0.3, -0.25) is 9.78 Å². The number of hydrogen-bond acceptors (Lipinski definition) is 5. The number of hydrogen-bond donors (Lipinski definition) is 1. The summed E-state index contributed by atoms with van der Waals surface area (Å²) in [6, 6.07) is 6.74. The predicted molar refractivity (Wildman–Crippen MR) is 101 cm³/mol. The number of anilines is 1. The smallest absolute Gasteiger partial charge is 0.368 e. The van der Waals surface area contributed by atoms with Crippen molar-refractivity contribution in [1.82, 2.24) is 15.3 Å². The van der Waals surface area contributed by atoms with Crippen molar-refractivity contribution in [3.63, 3.8) is 0 Å². The Kier molecular flexibility index (Phi) is 4.92. The quantitative estimate of drug-likeness (QED) is 0.719. The van der Waals surface area contributed by atoms with Crippen LogP contribution in [0.15, 0.2) is 42.2 Å². The van der Waals surface area contributed by atoms with E-state index in [1.165, 1.54) is 17.5 Å². The molecule has 1 aromatic carbocycles. The Hall–Kier alpha value is -2.68. The fourth-order valence-electron chi connectivity index (χ4n) is 3.34. The number of pyridine rings is 1. The molecule has 1 saturated heterocycles. The first-order valence-corrected chi connectivity index (χ1v) is 9.65. The van der Waals surface area contributed by atoms with Crippen molar-refractivity contribution >= 4 is 33.1 Å². The van der Waals surface area contributed by atoms with Crippen LogP contribution in [0.4, 0.5) is 18.9 Å². The van der Waals surface area contributed by atoms with Crippen molar-refractivity contribution < 1.29 is 18.0 Å². The first-order chi connectivity index (χ1) is 13.4. The molecule has 9 heteroatoms. The highest BCUT2D eigenvalue weighted by molar-refractivity contribution is 7.16. The summed E-state index contributed by atoms with van der Waals surface area (Å²) in [4.78, 5) is 22.1. The molecule has 1 aliphatic heterocycles. The fraction of sp³-hybridized carbons (Fsp3) is 0.316. The van der Waals surface area contributed by atoms with Crippen LogP contribution in [-0.4, -0.2) is 35.0 Å². The minimum absolute atomic E-state index is 0.0992. The monoisotopic (exact) mass is 406 g/mol. The van der Waals surface area contributed by atoms with Gasteiger partial charge in [0.15, 0.2) is 0 Å². The molecule has 2 aromatic heterocycles. The van der Waals surface area contributed by atoms with E-state index in [9.17, 15) is 18.0 Å². The number of halogens is 3. The third kappa shape index (κ3) is 4.09. The van der Waals surface area contributed by atoms with Crippen LogP contribution >= 0.6 is 11.3 Å². The topological polar surface area (TPSA) is 58.1 Å². The second-order valence-electron chi connectivity index (χ2n) is 6.76. The van der Waals surface area contributed by atoms with Gasteiger partial charge in [-0.1, -0.05) is 6.07 Å². The Labute approximate surface area is 163 Å². The largest absolute Gasteiger partial charge is 0.417 e. The Bertz CT molecular complexity index is 1000. The molecule has 0 bridgehead atoms. The normalized spacial score (nSPS) is 17.2. The Morgan fingerprint density at radius 3 is 2.96 bits per heavy atom. The summed E-state index contributed by atoms with van der Waals surface area (Å²) in [7, 11) is 0. The third-order valence-corrected chi connectivity index (χ3v) is 5.52. The van der Waals surface area contributed by atoms with Gasteiger partial charge in [0, 0.05) is 25.3 Å². The molecule has 1 N–H and O–H groups in total. The van der Waals surface area contributed by atoms with Crippen LogP contribution < -0.4 is 10.2 Å². The number of thiazole rings is 1. The molecule has 0 spiro atoms. The molecule has 1 aliphatic rings. The van der Waals surface area contributed by atoms with Gasteiger partial charge in [0.2, 0.25) is 5.91 Å². The molecule has 1 amide bonds. The van der Waals surface area contributed by atoms with Crippen molar-refractivity contribution in [2.75, 3.05) is 18.0 Å². The number of carbonyl (C=O) groups excluding carboxylic acids is 1. The van der Waals surface area contributed by atoms with Gasteiger partial charge in [0.1, 0.15) is 0 Å². The minimum atomic E-state index is -4.42. The summed E-state index contributed by atoms with van der Waals surface area (Å²) < 4.78 is 39.6. The first-order valence-electron chi connectivity index (χ1n) is 8.77. The lowest BCUT2D eigenvalue weighted by Crippen LogP contribution is -2.38. The van der Waals surface area contributed by atoms with Crippen molar-refractivity contribution in [3.05, 3.63) is 53.3 Å². The highest BCUT2D eigenvalue weighted by Crippen LogP contribution is 2.31. The second-order valence-corrected chi connectivity index (χ2v) is 7.65. The van der Waals surface area contributed by atoms with E-state index in [1.54, 1.807) is 5.51 Å². The number of carbonyl (C=O) groups is 1. The zero-order chi connectivity index (χ0) is 19.7. The Morgan fingerprint density at radius 1 is 1.29 bits per heavy atom. The van der Waals surface area contributed by atoms with E-state index < -0.39 is 11.7 Å². The molecular weight excluding hydrogens is 389 g/mol. The number of aromatic nitrogens is 2. The summed E-state index contributed by atoms with van der Waals surface area (Å²) in [5.41, 5.74) is 3.24. The minimum Gasteiger partial charge on any atom is -0.368 e. The van der Waals surface area contributed by atoms with E-state index in [2.05, 4.69) is 15.3 Å². The number of nitrogens with one attached hydrogen (secondary N) is 1. The lowest BCUT2D eigenvalue weighted by atomic mass is 10.1. The van der Waals surface area contributed by atoms with Crippen molar-refractivity contribution in [2.24, 2.45) is 0 Å². The van der Waals surface area contributed by atoms with E-state index in [0.29, 0.717) is 25.2 Å². The molecule has 0 unspecified atom stereocenters. The number of alkyl halides is 3. The maximum atomic E-state index is 12.9. The fourth-order valence-corrected chi connectivity index (χ4v) is 4.08. The summed E-state index contributed by atoms with van der Waals surface area (Å²) in [5.74, 6) is -0.0992. The average Bonchev–Trinajstić information content (AvgIpc) is 3.30. The highest BCUT2D eigenvalue weighted by atomic mass is 32.1. The molecule has 3 aromatic rings. The molecule has 0 saturated carbocycles. The van der Waals surface area contributed by atoms with Crippen LogP contribution in [0.2, 0.25) is 0 Å². The summed E-state index contributed by atoms with van der Waals surface area (Å²) in [6.45, 7) is 1.03. The van der Waals surface area contributed by atoms with Gasteiger partial charge in [-0.15, -0.1) is 11.3 Å². The van der Waals surface area contributed by atoms with Crippen molar-refractivity contribution in [3.8, 4) is 0 Å². The molecule has 1 atom stereocenters. The molecule has 5 nitrogen and oxygen atoms in total. The van der Waals surface area contributed by atoms with Gasteiger partial charge in [0.05, 0.1) is 39.6 Å². The number of fused-ring (bicyclic) bond motifs is 1. The van der Waals surface area contributed by atoms with Gasteiger partial charge in [-0.2, -0.15) is 13.2 Å². The molecule has 0 aliphatic carbocycles. The van der Waals surface area contributed by atoms with Crippen LogP contribution in [0, 0.1) is 0 Å². The van der Waals surface area contributed by atoms with Crippen LogP contribution in [0.25, 0.3) is 10.2 Å². The van der Waals surface area contributed by atoms with Gasteiger partial charge >= 0.3 is 6.18 Å². The van der Waals surface area contributed by atoms with Crippen LogP contribution in [0.5, 0.6) is 0 Å². The standard InChI is InChI=1S/C19H17F3N4OS/c20-19(21,22)13-7-15(9-23-8-13)26-4-3-14(10-26)25-18(27)6-12-1-2-16-17(5-12)28-11-24-16/h1-2,5,7-9,11,14H,3-4,6,10H2,(H,25,27)/t14-/m1/s1.